The van der Waals surface area contributed by atoms with Gasteiger partial charge in [-0.15, -0.1) is 0 Å². The van der Waals surface area contributed by atoms with E-state index in [1.807, 2.05) is 0 Å². The lowest BCUT2D eigenvalue weighted by Crippen LogP contribution is -2.46. The Bertz CT molecular complexity index is 1210. The summed E-state index contributed by atoms with van der Waals surface area (Å²) >= 11 is 0. The molecule has 4 heteroatoms. The average Bonchev–Trinajstić information content (AvgIpc) is 3.32. The summed E-state index contributed by atoms with van der Waals surface area (Å²) in [4.78, 5) is 17.9. The molecule has 1 N–H and O–H groups in total. The Morgan fingerprint density at radius 3 is 2.60 bits per heavy atom. The lowest BCUT2D eigenvalue weighted by molar-refractivity contribution is -0.152. The molecular weight excluding hydrogens is 432 g/mol. The number of carboxylic acids is 1. The van der Waals surface area contributed by atoms with Crippen LogP contribution in [0.2, 0.25) is 0 Å². The van der Waals surface area contributed by atoms with Crippen molar-refractivity contribution in [1.29, 1.82) is 0 Å². The molecule has 35 heavy (non-hydrogen) atoms. The molecule has 2 aromatic rings. The highest BCUT2D eigenvalue weighted by Gasteiger charge is 2.71. The van der Waals surface area contributed by atoms with Crippen LogP contribution < -0.4 is 0 Å². The average molecular weight is 473 g/mol. The molecule has 0 saturated heterocycles. The topological polar surface area (TPSA) is 55.1 Å². The highest BCUT2D eigenvalue weighted by atomic mass is 16.4. The fraction of sp³-hybridized carbons (Fsp3) is 0.742. The number of aliphatic carboxylic acids is 1. The van der Waals surface area contributed by atoms with E-state index in [1.54, 1.807) is 0 Å². The van der Waals surface area contributed by atoms with Crippen LogP contribution in [0, 0.1) is 45.8 Å². The number of fused-ring (bicyclic) bond motifs is 6. The number of nitrogens with zero attached hydrogens (tertiary/aromatic N) is 2. The van der Waals surface area contributed by atoms with E-state index in [9.17, 15) is 9.90 Å². The second kappa shape index (κ2) is 6.92. The van der Waals surface area contributed by atoms with Crippen molar-refractivity contribution < 1.29 is 9.90 Å². The minimum Gasteiger partial charge on any atom is -0.481 e. The molecule has 0 aliphatic heterocycles. The van der Waals surface area contributed by atoms with E-state index < -0.39 is 11.4 Å². The molecule has 1 aromatic carbocycles. The number of carboxylic acid groups (broad SMARTS) is 1. The molecule has 8 rings (SSSR count). The SMILES string of the molecule is Cn1c(C2CC3CC4CC(C56CC7CCCC(C(=O)O)(C5)C(C7)C6)(C3)CC4C2)nc2ccccc21. The zero-order valence-corrected chi connectivity index (χ0v) is 21.2. The van der Waals surface area contributed by atoms with Gasteiger partial charge in [0.1, 0.15) is 5.82 Å². The molecule has 186 valence electrons. The second-order valence-corrected chi connectivity index (χ2v) is 14.2. The highest BCUT2D eigenvalue weighted by molar-refractivity contribution is 5.76. The summed E-state index contributed by atoms with van der Waals surface area (Å²) in [5.74, 6) is 5.15. The van der Waals surface area contributed by atoms with Gasteiger partial charge >= 0.3 is 5.97 Å². The maximum Gasteiger partial charge on any atom is 0.309 e. The van der Waals surface area contributed by atoms with E-state index in [0.29, 0.717) is 22.7 Å². The number of hydrogen-bond donors (Lipinski definition) is 1. The quantitative estimate of drug-likeness (QED) is 0.527. The fourth-order valence-corrected chi connectivity index (χ4v) is 11.8. The van der Waals surface area contributed by atoms with Gasteiger partial charge in [-0.05, 0) is 123 Å². The molecule has 9 unspecified atom stereocenters. The lowest BCUT2D eigenvalue weighted by Gasteiger charge is -2.55. The van der Waals surface area contributed by atoms with Crippen molar-refractivity contribution in [3.8, 4) is 0 Å². The van der Waals surface area contributed by atoms with Gasteiger partial charge in [0.15, 0.2) is 0 Å². The van der Waals surface area contributed by atoms with Crippen LogP contribution in [-0.2, 0) is 11.8 Å². The molecule has 0 spiro atoms. The first-order valence-corrected chi connectivity index (χ1v) is 14.6. The first-order chi connectivity index (χ1) is 16.9. The summed E-state index contributed by atoms with van der Waals surface area (Å²) in [7, 11) is 2.22. The minimum atomic E-state index is -0.448. The summed E-state index contributed by atoms with van der Waals surface area (Å²) in [5, 5.41) is 10.5. The van der Waals surface area contributed by atoms with Crippen LogP contribution in [0.3, 0.4) is 0 Å². The summed E-state index contributed by atoms with van der Waals surface area (Å²) in [6.45, 7) is 0. The number of hydrogen-bond acceptors (Lipinski definition) is 2. The van der Waals surface area contributed by atoms with Crippen LogP contribution in [0.4, 0.5) is 0 Å². The number of aromatic nitrogens is 2. The number of para-hydroxylation sites is 2. The van der Waals surface area contributed by atoms with Crippen molar-refractivity contribution in [2.75, 3.05) is 0 Å². The summed E-state index contributed by atoms with van der Waals surface area (Å²) in [5.41, 5.74) is 2.74. The van der Waals surface area contributed by atoms with Crippen LogP contribution >= 0.6 is 0 Å². The highest BCUT2D eigenvalue weighted by Crippen LogP contribution is 2.78. The van der Waals surface area contributed by atoms with Gasteiger partial charge in [-0.2, -0.15) is 0 Å². The molecule has 9 atom stereocenters. The van der Waals surface area contributed by atoms with E-state index in [4.69, 9.17) is 4.98 Å². The fourth-order valence-electron chi connectivity index (χ4n) is 11.8. The second-order valence-electron chi connectivity index (χ2n) is 14.2. The van der Waals surface area contributed by atoms with E-state index in [2.05, 4.69) is 35.9 Å². The Labute approximate surface area is 208 Å². The van der Waals surface area contributed by atoms with Crippen molar-refractivity contribution in [3.63, 3.8) is 0 Å². The molecule has 0 radical (unpaired) electrons. The standard InChI is InChI=1S/C31H40N2O2/c1-33-26-7-3-2-6-25(26)32-27(33)21-9-20-10-22-15-29(14-20,16-23(22)12-21)30-13-19-5-4-8-31(18-30,28(34)35)24(11-19)17-30/h2-3,6-7,19-24H,4-5,8-18H2,1H3,(H,34,35). The molecule has 1 heterocycles. The van der Waals surface area contributed by atoms with Gasteiger partial charge in [-0.25, -0.2) is 4.98 Å². The lowest BCUT2D eigenvalue weighted by atomic mass is 9.50. The van der Waals surface area contributed by atoms with E-state index in [0.717, 1.165) is 48.5 Å². The summed E-state index contributed by atoms with van der Waals surface area (Å²) < 4.78 is 2.38. The van der Waals surface area contributed by atoms with E-state index in [1.165, 1.54) is 75.5 Å². The molecule has 6 bridgehead atoms. The molecule has 6 fully saturated rings. The van der Waals surface area contributed by atoms with Crippen molar-refractivity contribution >= 4 is 17.0 Å². The molecule has 0 amide bonds. The summed E-state index contributed by atoms with van der Waals surface area (Å²) in [6, 6.07) is 8.61. The molecular formula is C31H40N2O2. The van der Waals surface area contributed by atoms with Crippen LogP contribution in [0.15, 0.2) is 24.3 Å². The number of aryl methyl sites for hydroxylation is 1. The van der Waals surface area contributed by atoms with Gasteiger partial charge in [0.25, 0.3) is 0 Å². The Morgan fingerprint density at radius 2 is 1.77 bits per heavy atom. The minimum absolute atomic E-state index is 0.315. The summed E-state index contributed by atoms with van der Waals surface area (Å²) in [6.07, 6.45) is 16.3. The normalized spacial score (nSPS) is 47.8. The molecule has 1 aromatic heterocycles. The monoisotopic (exact) mass is 472 g/mol. The third-order valence-corrected chi connectivity index (χ3v) is 12.8. The smallest absolute Gasteiger partial charge is 0.309 e. The predicted octanol–water partition coefficient (Wildman–Crippen LogP) is 6.93. The maximum absolute atomic E-state index is 12.8. The van der Waals surface area contributed by atoms with Gasteiger partial charge in [0, 0.05) is 13.0 Å². The van der Waals surface area contributed by atoms with Crippen LogP contribution in [0.1, 0.15) is 95.2 Å². The third-order valence-electron chi connectivity index (χ3n) is 12.8. The number of rotatable bonds is 3. The van der Waals surface area contributed by atoms with Crippen LogP contribution in [0.5, 0.6) is 0 Å². The zero-order chi connectivity index (χ0) is 23.6. The zero-order valence-electron chi connectivity index (χ0n) is 21.2. The number of carbonyl (C=O) groups is 1. The van der Waals surface area contributed by atoms with Gasteiger partial charge in [0.2, 0.25) is 0 Å². The first kappa shape index (κ1) is 21.3. The van der Waals surface area contributed by atoms with Crippen molar-refractivity contribution in [1.82, 2.24) is 9.55 Å². The Morgan fingerprint density at radius 1 is 0.971 bits per heavy atom. The number of imidazole rings is 1. The Hall–Kier alpha value is -1.84. The number of benzene rings is 1. The molecule has 6 saturated carbocycles. The van der Waals surface area contributed by atoms with Crippen molar-refractivity contribution in [3.05, 3.63) is 30.1 Å². The van der Waals surface area contributed by atoms with E-state index in [-0.39, 0.29) is 0 Å². The van der Waals surface area contributed by atoms with Crippen molar-refractivity contribution in [2.24, 2.45) is 52.9 Å². The van der Waals surface area contributed by atoms with E-state index >= 15 is 0 Å². The largest absolute Gasteiger partial charge is 0.481 e. The van der Waals surface area contributed by atoms with Gasteiger partial charge in [-0.1, -0.05) is 25.0 Å². The Balaban J connectivity index is 1.15. The maximum atomic E-state index is 12.8. The predicted molar refractivity (Wildman–Crippen MR) is 136 cm³/mol. The van der Waals surface area contributed by atoms with Crippen molar-refractivity contribution in [2.45, 2.75) is 89.4 Å². The third kappa shape index (κ3) is 2.70. The molecule has 6 aliphatic carbocycles. The van der Waals surface area contributed by atoms with Gasteiger partial charge in [0.05, 0.1) is 16.4 Å². The first-order valence-electron chi connectivity index (χ1n) is 14.6. The van der Waals surface area contributed by atoms with Gasteiger partial charge < -0.3 is 9.67 Å². The van der Waals surface area contributed by atoms with Gasteiger partial charge in [-0.3, -0.25) is 4.79 Å². The molecule has 4 nitrogen and oxygen atoms in total. The van der Waals surface area contributed by atoms with Crippen LogP contribution in [0.25, 0.3) is 11.0 Å². The molecule has 6 aliphatic rings. The Kier molecular flexibility index (Phi) is 4.21. The van der Waals surface area contributed by atoms with Crippen LogP contribution in [-0.4, -0.2) is 20.6 Å².